The van der Waals surface area contributed by atoms with Crippen LogP contribution in [0, 0.1) is 17.2 Å². The highest BCUT2D eigenvalue weighted by Crippen LogP contribution is 2.05. The summed E-state index contributed by atoms with van der Waals surface area (Å²) >= 11 is 0. The first-order valence-corrected chi connectivity index (χ1v) is 7.24. The summed E-state index contributed by atoms with van der Waals surface area (Å²) in [5.41, 5.74) is 0. The first-order valence-electron chi connectivity index (χ1n) is 5.51. The lowest BCUT2D eigenvalue weighted by atomic mass is 10.0. The minimum Gasteiger partial charge on any atom is -0.352 e. The third kappa shape index (κ3) is 6.57. The van der Waals surface area contributed by atoms with Gasteiger partial charge in [0.15, 0.2) is 0 Å². The van der Waals surface area contributed by atoms with Gasteiger partial charge in [-0.05, 0) is 19.8 Å². The highest BCUT2D eigenvalue weighted by atomic mass is 32.2. The Kier molecular flexibility index (Phi) is 7.82. The van der Waals surface area contributed by atoms with Gasteiger partial charge >= 0.3 is 0 Å². The van der Waals surface area contributed by atoms with Crippen molar-refractivity contribution in [2.75, 3.05) is 12.0 Å². The van der Waals surface area contributed by atoms with Crippen LogP contribution < -0.4 is 5.32 Å². The molecule has 0 rings (SSSR count). The molecule has 0 aromatic carbocycles. The third-order valence-corrected chi connectivity index (χ3v) is 3.09. The van der Waals surface area contributed by atoms with E-state index in [9.17, 15) is 9.00 Å². The van der Waals surface area contributed by atoms with Crippen LogP contribution in [0.1, 0.15) is 33.1 Å². The molecule has 1 N–H and O–H groups in total. The van der Waals surface area contributed by atoms with Gasteiger partial charge in [0.05, 0.1) is 6.07 Å². The van der Waals surface area contributed by atoms with E-state index in [1.807, 2.05) is 19.9 Å². The molecule has 3 atom stereocenters. The van der Waals surface area contributed by atoms with Crippen LogP contribution in [0.4, 0.5) is 0 Å². The molecule has 0 aromatic rings. The van der Waals surface area contributed by atoms with E-state index >= 15 is 0 Å². The van der Waals surface area contributed by atoms with Crippen molar-refractivity contribution in [1.29, 1.82) is 5.26 Å². The van der Waals surface area contributed by atoms with E-state index in [1.54, 1.807) is 6.26 Å². The van der Waals surface area contributed by atoms with E-state index < -0.39 is 16.7 Å². The number of carbonyl (C=O) groups excluding carboxylic acids is 1. The van der Waals surface area contributed by atoms with Crippen molar-refractivity contribution >= 4 is 16.7 Å². The second-order valence-corrected chi connectivity index (χ2v) is 5.50. The number of hydrogen-bond acceptors (Lipinski definition) is 3. The van der Waals surface area contributed by atoms with Gasteiger partial charge in [-0.2, -0.15) is 5.26 Å². The number of carbonyl (C=O) groups is 1. The van der Waals surface area contributed by atoms with Gasteiger partial charge in [-0.25, -0.2) is 0 Å². The fourth-order valence-corrected chi connectivity index (χ4v) is 1.99. The van der Waals surface area contributed by atoms with Crippen LogP contribution in [-0.2, 0) is 15.6 Å². The predicted molar refractivity (Wildman–Crippen MR) is 65.2 cm³/mol. The minimum atomic E-state index is -0.833. The van der Waals surface area contributed by atoms with Gasteiger partial charge < -0.3 is 5.32 Å². The lowest BCUT2D eigenvalue weighted by Crippen LogP contribution is -2.37. The first-order chi connectivity index (χ1) is 7.51. The Hall–Kier alpha value is -0.890. The van der Waals surface area contributed by atoms with Gasteiger partial charge in [0, 0.05) is 28.9 Å². The maximum atomic E-state index is 11.6. The van der Waals surface area contributed by atoms with Gasteiger partial charge in [-0.15, -0.1) is 0 Å². The van der Waals surface area contributed by atoms with E-state index in [1.165, 1.54) is 0 Å². The summed E-state index contributed by atoms with van der Waals surface area (Å²) in [6, 6.07) is 1.98. The monoisotopic (exact) mass is 244 g/mol. The number of nitriles is 1. The van der Waals surface area contributed by atoms with Gasteiger partial charge in [0.2, 0.25) is 5.91 Å². The van der Waals surface area contributed by atoms with Crippen molar-refractivity contribution in [2.24, 2.45) is 5.92 Å². The van der Waals surface area contributed by atoms with E-state index in [0.717, 1.165) is 6.42 Å². The van der Waals surface area contributed by atoms with Crippen molar-refractivity contribution in [3.8, 4) is 6.07 Å². The molecular formula is C11H20N2O2S. The Balaban J connectivity index is 4.02. The molecule has 0 fully saturated rings. The summed E-state index contributed by atoms with van der Waals surface area (Å²) in [6.45, 7) is 3.81. The summed E-state index contributed by atoms with van der Waals surface area (Å²) in [6.07, 6.45) is 3.73. The SMILES string of the molecule is CCCC(C#N)C(=O)NC(C)CCS(C)=O. The minimum absolute atomic E-state index is 0.0240. The van der Waals surface area contributed by atoms with Crippen LogP contribution >= 0.6 is 0 Å². The molecule has 1 amide bonds. The molecule has 0 bridgehead atoms. The lowest BCUT2D eigenvalue weighted by molar-refractivity contribution is -0.124. The topological polar surface area (TPSA) is 70.0 Å². The first kappa shape index (κ1) is 15.1. The van der Waals surface area contributed by atoms with Crippen LogP contribution in [0.15, 0.2) is 0 Å². The number of hydrogen-bond donors (Lipinski definition) is 1. The molecule has 5 heteroatoms. The average Bonchev–Trinajstić information content (AvgIpc) is 2.22. The number of nitrogens with one attached hydrogen (secondary N) is 1. The van der Waals surface area contributed by atoms with Gasteiger partial charge in [-0.3, -0.25) is 9.00 Å². The molecule has 0 aromatic heterocycles. The molecule has 0 spiro atoms. The number of rotatable bonds is 7. The standard InChI is InChI=1S/C11H20N2O2S/c1-4-5-10(8-12)11(14)13-9(2)6-7-16(3)15/h9-10H,4-7H2,1-3H3,(H,13,14). The Morgan fingerprint density at radius 1 is 1.50 bits per heavy atom. The van der Waals surface area contributed by atoms with Crippen molar-refractivity contribution in [1.82, 2.24) is 5.32 Å². The summed E-state index contributed by atoms with van der Waals surface area (Å²) in [7, 11) is -0.833. The van der Waals surface area contributed by atoms with Crippen LogP contribution in [0.5, 0.6) is 0 Å². The highest BCUT2D eigenvalue weighted by molar-refractivity contribution is 7.84. The second kappa shape index (κ2) is 8.28. The van der Waals surface area contributed by atoms with Gasteiger partial charge in [-0.1, -0.05) is 13.3 Å². The molecule has 0 aliphatic carbocycles. The van der Waals surface area contributed by atoms with E-state index in [-0.39, 0.29) is 11.9 Å². The largest absolute Gasteiger partial charge is 0.352 e. The molecule has 0 aliphatic heterocycles. The molecule has 0 heterocycles. The van der Waals surface area contributed by atoms with Crippen molar-refractivity contribution in [2.45, 2.75) is 39.2 Å². The molecular weight excluding hydrogens is 224 g/mol. The fraction of sp³-hybridized carbons (Fsp3) is 0.818. The lowest BCUT2D eigenvalue weighted by Gasteiger charge is -2.15. The van der Waals surface area contributed by atoms with Crippen molar-refractivity contribution in [3.05, 3.63) is 0 Å². The zero-order valence-corrected chi connectivity index (χ0v) is 11.0. The molecule has 92 valence electrons. The Labute approximate surface area is 99.9 Å². The Morgan fingerprint density at radius 3 is 2.56 bits per heavy atom. The summed E-state index contributed by atoms with van der Waals surface area (Å²) in [5.74, 6) is -0.190. The molecule has 0 radical (unpaired) electrons. The molecule has 16 heavy (non-hydrogen) atoms. The van der Waals surface area contributed by atoms with Crippen molar-refractivity contribution < 1.29 is 9.00 Å². The smallest absolute Gasteiger partial charge is 0.237 e. The summed E-state index contributed by atoms with van der Waals surface area (Å²) in [5, 5.41) is 11.6. The van der Waals surface area contributed by atoms with Gasteiger partial charge in [0.25, 0.3) is 0 Å². The zero-order valence-electron chi connectivity index (χ0n) is 10.2. The van der Waals surface area contributed by atoms with E-state index in [2.05, 4.69) is 5.32 Å². The Morgan fingerprint density at radius 2 is 2.12 bits per heavy atom. The molecule has 4 nitrogen and oxygen atoms in total. The van der Waals surface area contributed by atoms with Crippen molar-refractivity contribution in [3.63, 3.8) is 0 Å². The summed E-state index contributed by atoms with van der Waals surface area (Å²) < 4.78 is 10.9. The maximum absolute atomic E-state index is 11.6. The van der Waals surface area contributed by atoms with Gasteiger partial charge in [0.1, 0.15) is 5.92 Å². The second-order valence-electron chi connectivity index (χ2n) is 3.95. The molecule has 0 saturated carbocycles. The van der Waals surface area contributed by atoms with E-state index in [4.69, 9.17) is 5.26 Å². The average molecular weight is 244 g/mol. The molecule has 0 aliphatic rings. The highest BCUT2D eigenvalue weighted by Gasteiger charge is 2.18. The van der Waals surface area contributed by atoms with Crippen LogP contribution in [0.3, 0.4) is 0 Å². The van der Waals surface area contributed by atoms with Crippen LogP contribution in [0.2, 0.25) is 0 Å². The zero-order chi connectivity index (χ0) is 12.6. The van der Waals surface area contributed by atoms with Crippen LogP contribution in [-0.4, -0.2) is 28.2 Å². The number of nitrogens with zero attached hydrogens (tertiary/aromatic N) is 1. The quantitative estimate of drug-likeness (QED) is 0.731. The molecule has 3 unspecified atom stereocenters. The molecule has 0 saturated heterocycles. The van der Waals surface area contributed by atoms with Crippen LogP contribution in [0.25, 0.3) is 0 Å². The normalized spacial score (nSPS) is 15.9. The predicted octanol–water partition coefficient (Wildman–Crippen LogP) is 1.20. The Bertz CT molecular complexity index is 286. The number of amides is 1. The summed E-state index contributed by atoms with van der Waals surface area (Å²) in [4.78, 5) is 11.6. The maximum Gasteiger partial charge on any atom is 0.237 e. The van der Waals surface area contributed by atoms with E-state index in [0.29, 0.717) is 18.6 Å². The fourth-order valence-electron chi connectivity index (χ4n) is 1.30. The third-order valence-electron chi connectivity index (χ3n) is 2.28.